The molecule has 5 nitrogen and oxygen atoms in total. The largest absolute Gasteiger partial charge is 0.469 e. The first kappa shape index (κ1) is 19.6. The quantitative estimate of drug-likeness (QED) is 0.774. The van der Waals surface area contributed by atoms with Crippen molar-refractivity contribution >= 4 is 16.0 Å². The average Bonchev–Trinajstić information content (AvgIpc) is 2.45. The first-order valence-corrected chi connectivity index (χ1v) is 9.18. The van der Waals surface area contributed by atoms with Crippen LogP contribution in [0.5, 0.6) is 0 Å². The predicted molar refractivity (Wildman–Crippen MR) is 91.5 cm³/mol. The summed E-state index contributed by atoms with van der Waals surface area (Å²) >= 11 is 0. The molecule has 1 aromatic rings. The van der Waals surface area contributed by atoms with Crippen molar-refractivity contribution in [3.8, 4) is 0 Å². The Morgan fingerprint density at radius 1 is 1.22 bits per heavy atom. The van der Waals surface area contributed by atoms with Crippen LogP contribution in [0.2, 0.25) is 0 Å². The predicted octanol–water partition coefficient (Wildman–Crippen LogP) is 2.51. The third-order valence-corrected chi connectivity index (χ3v) is 5.95. The van der Waals surface area contributed by atoms with Crippen LogP contribution < -0.4 is 4.72 Å². The number of sulfonamides is 1. The zero-order valence-corrected chi connectivity index (χ0v) is 15.3. The molecule has 0 aliphatic rings. The molecule has 0 heterocycles. The molecular weight excluding hydrogens is 314 g/mol. The van der Waals surface area contributed by atoms with Crippen molar-refractivity contribution in [2.24, 2.45) is 5.92 Å². The van der Waals surface area contributed by atoms with E-state index in [1.54, 1.807) is 27.7 Å². The Morgan fingerprint density at radius 3 is 2.26 bits per heavy atom. The second-order valence-corrected chi connectivity index (χ2v) is 9.25. The van der Waals surface area contributed by atoms with Gasteiger partial charge in [0.05, 0.1) is 17.8 Å². The van der Waals surface area contributed by atoms with Crippen molar-refractivity contribution in [2.45, 2.75) is 51.3 Å². The van der Waals surface area contributed by atoms with Crippen LogP contribution in [0.3, 0.4) is 0 Å². The Labute approximate surface area is 139 Å². The Bertz CT molecular complexity index is 605. The van der Waals surface area contributed by atoms with E-state index in [9.17, 15) is 13.2 Å². The van der Waals surface area contributed by atoms with E-state index in [-0.39, 0.29) is 17.9 Å². The number of carbonyl (C=O) groups excluding carboxylic acids is 1. The fraction of sp³-hybridized carbons (Fsp3) is 0.588. The second-order valence-electron chi connectivity index (χ2n) is 6.78. The third kappa shape index (κ3) is 5.95. The van der Waals surface area contributed by atoms with Crippen molar-refractivity contribution in [3.63, 3.8) is 0 Å². The molecule has 0 radical (unpaired) electrons. The summed E-state index contributed by atoms with van der Waals surface area (Å²) in [6, 6.07) is 9.26. The Balaban J connectivity index is 2.95. The van der Waals surface area contributed by atoms with Gasteiger partial charge in [-0.15, -0.1) is 0 Å². The fourth-order valence-corrected chi connectivity index (χ4v) is 3.16. The topological polar surface area (TPSA) is 72.5 Å². The molecule has 1 rings (SSSR count). The number of nitrogens with one attached hydrogen (secondary N) is 1. The van der Waals surface area contributed by atoms with Crippen molar-refractivity contribution in [1.82, 2.24) is 4.72 Å². The van der Waals surface area contributed by atoms with Crippen molar-refractivity contribution in [2.75, 3.05) is 7.11 Å². The van der Waals surface area contributed by atoms with Gasteiger partial charge in [-0.2, -0.15) is 0 Å². The van der Waals surface area contributed by atoms with Gasteiger partial charge in [-0.1, -0.05) is 37.3 Å². The molecular formula is C17H27NO4S. The molecule has 1 N–H and O–H groups in total. The molecule has 0 bridgehead atoms. The van der Waals surface area contributed by atoms with Gasteiger partial charge in [-0.25, -0.2) is 13.1 Å². The van der Waals surface area contributed by atoms with Gasteiger partial charge >= 0.3 is 5.97 Å². The van der Waals surface area contributed by atoms with Crippen LogP contribution in [0.15, 0.2) is 30.3 Å². The molecule has 6 heteroatoms. The molecule has 0 fully saturated rings. The van der Waals surface area contributed by atoms with Gasteiger partial charge in [0.25, 0.3) is 0 Å². The van der Waals surface area contributed by atoms with Crippen LogP contribution in [0, 0.1) is 5.92 Å². The molecule has 0 aliphatic carbocycles. The highest BCUT2D eigenvalue weighted by Crippen LogP contribution is 2.18. The van der Waals surface area contributed by atoms with Crippen LogP contribution in [0.25, 0.3) is 0 Å². The number of rotatable bonds is 7. The lowest BCUT2D eigenvalue weighted by molar-refractivity contribution is -0.145. The number of ether oxygens (including phenoxy) is 1. The van der Waals surface area contributed by atoms with Crippen LogP contribution in [0.1, 0.15) is 39.7 Å². The summed E-state index contributed by atoms with van der Waals surface area (Å²) < 4.78 is 31.5. The van der Waals surface area contributed by atoms with Gasteiger partial charge < -0.3 is 4.74 Å². The highest BCUT2D eigenvalue weighted by Gasteiger charge is 2.32. The summed E-state index contributed by atoms with van der Waals surface area (Å²) in [7, 11) is -2.16. The molecule has 1 aromatic carbocycles. The monoisotopic (exact) mass is 341 g/mol. The zero-order chi connectivity index (χ0) is 17.7. The average molecular weight is 341 g/mol. The summed E-state index contributed by atoms with van der Waals surface area (Å²) in [6.07, 6.45) is 0.911. The molecule has 0 saturated carbocycles. The minimum atomic E-state index is -3.50. The van der Waals surface area contributed by atoms with Crippen molar-refractivity contribution in [3.05, 3.63) is 35.9 Å². The summed E-state index contributed by atoms with van der Waals surface area (Å²) in [5, 5.41) is 0. The molecule has 0 spiro atoms. The van der Waals surface area contributed by atoms with Gasteiger partial charge in [0.15, 0.2) is 0 Å². The van der Waals surface area contributed by atoms with E-state index >= 15 is 0 Å². The van der Waals surface area contributed by atoms with Gasteiger partial charge in [0, 0.05) is 6.04 Å². The van der Waals surface area contributed by atoms with E-state index in [4.69, 9.17) is 4.74 Å². The SMILES string of the molecule is COC(=O)[C@@H](C)C[C@H](Cc1ccccc1)NS(=O)(=O)C(C)(C)C. The maximum absolute atomic E-state index is 12.4. The van der Waals surface area contributed by atoms with Gasteiger partial charge in [0.1, 0.15) is 0 Å². The maximum atomic E-state index is 12.4. The molecule has 0 unspecified atom stereocenters. The number of hydrogen-bond acceptors (Lipinski definition) is 4. The molecule has 0 aliphatic heterocycles. The number of esters is 1. The van der Waals surface area contributed by atoms with E-state index < -0.39 is 14.8 Å². The van der Waals surface area contributed by atoms with Crippen LogP contribution in [-0.4, -0.2) is 32.3 Å². The van der Waals surface area contributed by atoms with E-state index in [0.717, 1.165) is 5.56 Å². The Hall–Kier alpha value is -1.40. The normalized spacial score (nSPS) is 15.0. The van der Waals surface area contributed by atoms with Crippen LogP contribution in [0.4, 0.5) is 0 Å². The lowest BCUT2D eigenvalue weighted by Crippen LogP contribution is -2.46. The third-order valence-electron chi connectivity index (χ3n) is 3.69. The standard InChI is InChI=1S/C17H27NO4S/c1-13(16(19)22-5)11-15(12-14-9-7-6-8-10-14)18-23(20,21)17(2,3)4/h6-10,13,15,18H,11-12H2,1-5H3/t13-,15+/m0/s1. The number of methoxy groups -OCH3 is 1. The summed E-state index contributed by atoms with van der Waals surface area (Å²) in [4.78, 5) is 11.7. The minimum Gasteiger partial charge on any atom is -0.469 e. The first-order valence-electron chi connectivity index (χ1n) is 7.70. The van der Waals surface area contributed by atoms with E-state index in [1.807, 2.05) is 30.3 Å². The lowest BCUT2D eigenvalue weighted by atomic mass is 9.97. The van der Waals surface area contributed by atoms with Gasteiger partial charge in [-0.05, 0) is 39.2 Å². The molecule has 2 atom stereocenters. The molecule has 0 amide bonds. The lowest BCUT2D eigenvalue weighted by Gasteiger charge is -2.26. The number of benzene rings is 1. The zero-order valence-electron chi connectivity index (χ0n) is 14.5. The number of carbonyl (C=O) groups is 1. The van der Waals surface area contributed by atoms with E-state index in [0.29, 0.717) is 12.8 Å². The molecule has 0 aromatic heterocycles. The summed E-state index contributed by atoms with van der Waals surface area (Å²) in [5.41, 5.74) is 1.02. The second kappa shape index (κ2) is 7.93. The summed E-state index contributed by atoms with van der Waals surface area (Å²) in [5.74, 6) is -0.714. The highest BCUT2D eigenvalue weighted by atomic mass is 32.2. The maximum Gasteiger partial charge on any atom is 0.308 e. The van der Waals surface area contributed by atoms with Crippen LogP contribution in [-0.2, 0) is 26.0 Å². The fourth-order valence-electron chi connectivity index (χ4n) is 2.19. The Kier molecular flexibility index (Phi) is 6.77. The van der Waals surface area contributed by atoms with Gasteiger partial charge in [0.2, 0.25) is 10.0 Å². The van der Waals surface area contributed by atoms with E-state index in [1.165, 1.54) is 7.11 Å². The molecule has 0 saturated heterocycles. The van der Waals surface area contributed by atoms with Crippen molar-refractivity contribution in [1.29, 1.82) is 0 Å². The molecule has 130 valence electrons. The summed E-state index contributed by atoms with van der Waals surface area (Å²) in [6.45, 7) is 6.70. The van der Waals surface area contributed by atoms with Crippen LogP contribution >= 0.6 is 0 Å². The van der Waals surface area contributed by atoms with Gasteiger partial charge in [-0.3, -0.25) is 4.79 Å². The van der Waals surface area contributed by atoms with Crippen molar-refractivity contribution < 1.29 is 17.9 Å². The highest BCUT2D eigenvalue weighted by molar-refractivity contribution is 7.90. The smallest absolute Gasteiger partial charge is 0.308 e. The first-order chi connectivity index (χ1) is 10.6. The Morgan fingerprint density at radius 2 is 1.78 bits per heavy atom. The minimum absolute atomic E-state index is 0.335. The number of hydrogen-bond donors (Lipinski definition) is 1. The molecule has 23 heavy (non-hydrogen) atoms. The van der Waals surface area contributed by atoms with E-state index in [2.05, 4.69) is 4.72 Å².